The highest BCUT2D eigenvalue weighted by atomic mass is 35.5. The van der Waals surface area contributed by atoms with Gasteiger partial charge >= 0.3 is 0 Å². The minimum Gasteiger partial charge on any atom is -0.335 e. The van der Waals surface area contributed by atoms with Crippen molar-refractivity contribution in [3.8, 4) is 0 Å². The summed E-state index contributed by atoms with van der Waals surface area (Å²) in [5.74, 6) is -0.829. The van der Waals surface area contributed by atoms with Gasteiger partial charge in [-0.2, -0.15) is 0 Å². The summed E-state index contributed by atoms with van der Waals surface area (Å²) >= 11 is 5.98. The van der Waals surface area contributed by atoms with Gasteiger partial charge in [-0.3, -0.25) is 9.59 Å². The van der Waals surface area contributed by atoms with Gasteiger partial charge in [0, 0.05) is 38.9 Å². The molecule has 0 saturated carbocycles. The lowest BCUT2D eigenvalue weighted by Crippen LogP contribution is -2.51. The van der Waals surface area contributed by atoms with Crippen LogP contribution in [0.1, 0.15) is 10.4 Å². The molecule has 0 unspecified atom stereocenters. The van der Waals surface area contributed by atoms with Gasteiger partial charge in [0.1, 0.15) is 11.7 Å². The van der Waals surface area contributed by atoms with E-state index in [9.17, 15) is 22.4 Å². The number of fused-ring (bicyclic) bond motifs is 1. The molecule has 1 fully saturated rings. The van der Waals surface area contributed by atoms with Gasteiger partial charge in [0.15, 0.2) is 0 Å². The molecule has 1 aromatic carbocycles. The molecule has 8 nitrogen and oxygen atoms in total. The van der Waals surface area contributed by atoms with Crippen LogP contribution in [0.2, 0.25) is 5.02 Å². The molecular weight excluding hydrogens is 435 g/mol. The molecule has 0 N–H and O–H groups in total. The molecule has 4 rings (SSSR count). The number of amidine groups is 1. The number of carbonyl (C=O) groups is 2. The fraction of sp³-hybridized carbons (Fsp3) is 0.316. The highest BCUT2D eigenvalue weighted by Gasteiger charge is 2.29. The second kappa shape index (κ2) is 7.84. The molecule has 3 heterocycles. The fourth-order valence-electron chi connectivity index (χ4n) is 3.46. The highest BCUT2D eigenvalue weighted by Crippen LogP contribution is 2.21. The summed E-state index contributed by atoms with van der Waals surface area (Å²) in [6.07, 6.45) is 4.67. The Bertz CT molecular complexity index is 1110. The number of amides is 2. The summed E-state index contributed by atoms with van der Waals surface area (Å²) in [4.78, 5) is 30.3. The molecule has 0 spiro atoms. The number of nitrogens with zero attached hydrogens (tertiary/aromatic N) is 4. The van der Waals surface area contributed by atoms with Gasteiger partial charge in [-0.15, -0.1) is 4.40 Å². The number of hydrogen-bond acceptors (Lipinski definition) is 5. The first kappa shape index (κ1) is 20.5. The predicted molar refractivity (Wildman–Crippen MR) is 109 cm³/mol. The molecule has 0 bridgehead atoms. The summed E-state index contributed by atoms with van der Waals surface area (Å²) in [6.45, 7) is 1.56. The van der Waals surface area contributed by atoms with Crippen LogP contribution in [0.3, 0.4) is 0 Å². The van der Waals surface area contributed by atoms with Crippen molar-refractivity contribution in [3.63, 3.8) is 0 Å². The number of halogens is 2. The molecule has 1 saturated heterocycles. The zero-order valence-electron chi connectivity index (χ0n) is 15.8. The quantitative estimate of drug-likeness (QED) is 0.674. The molecule has 2 amide bonds. The lowest BCUT2D eigenvalue weighted by atomic mass is 10.1. The Morgan fingerprint density at radius 2 is 1.67 bits per heavy atom. The third-order valence-electron chi connectivity index (χ3n) is 5.09. The van der Waals surface area contributed by atoms with E-state index in [-0.39, 0.29) is 34.7 Å². The molecular formula is C19H18ClFN4O4S. The molecule has 0 atom stereocenters. The topological polar surface area (TPSA) is 90.4 Å². The number of sulfonamides is 1. The maximum absolute atomic E-state index is 13.2. The third kappa shape index (κ3) is 4.10. The summed E-state index contributed by atoms with van der Waals surface area (Å²) in [7, 11) is -3.45. The van der Waals surface area contributed by atoms with E-state index >= 15 is 0 Å². The summed E-state index contributed by atoms with van der Waals surface area (Å²) in [5, 5.41) is 0.0528. The van der Waals surface area contributed by atoms with Gasteiger partial charge in [0.25, 0.3) is 21.8 Å². The molecule has 3 aliphatic rings. The zero-order chi connectivity index (χ0) is 21.5. The monoisotopic (exact) mass is 452 g/mol. The van der Waals surface area contributed by atoms with E-state index in [2.05, 4.69) is 4.40 Å². The normalized spacial score (nSPS) is 20.4. The van der Waals surface area contributed by atoms with Crippen LogP contribution in [-0.4, -0.2) is 79.2 Å². The average molecular weight is 453 g/mol. The first-order chi connectivity index (χ1) is 14.2. The van der Waals surface area contributed by atoms with Crippen LogP contribution in [0.15, 0.2) is 46.5 Å². The van der Waals surface area contributed by atoms with Gasteiger partial charge in [-0.1, -0.05) is 11.6 Å². The Labute approximate surface area is 178 Å². The predicted octanol–water partition coefficient (Wildman–Crippen LogP) is 1.26. The third-order valence-corrected chi connectivity index (χ3v) is 6.56. The first-order valence-electron chi connectivity index (χ1n) is 9.26. The van der Waals surface area contributed by atoms with Crippen molar-refractivity contribution in [2.24, 2.45) is 4.40 Å². The maximum atomic E-state index is 13.2. The van der Waals surface area contributed by atoms with Crippen LogP contribution in [0, 0.1) is 5.82 Å². The van der Waals surface area contributed by atoms with Crippen LogP contribution in [0.5, 0.6) is 0 Å². The standard InChI is InChI=1S/C19H18ClFN4O4S/c20-16-11-14(21)2-3-15(16)19(27)24-7-5-23(6-8-24)18(26)13-1-4-17-22-30(28,29)10-9-25(17)12-13/h1-4,11-12H,5-10H2. The molecule has 1 aromatic rings. The Balaban J connectivity index is 1.40. The van der Waals surface area contributed by atoms with Gasteiger partial charge in [-0.25, -0.2) is 12.8 Å². The second-order valence-electron chi connectivity index (χ2n) is 7.06. The van der Waals surface area contributed by atoms with Crippen LogP contribution < -0.4 is 0 Å². The molecule has 0 aromatic heterocycles. The van der Waals surface area contributed by atoms with Crippen LogP contribution >= 0.6 is 11.6 Å². The lowest BCUT2D eigenvalue weighted by Gasteiger charge is -2.36. The number of carbonyl (C=O) groups excluding carboxylic acids is 2. The van der Waals surface area contributed by atoms with Gasteiger partial charge in [-0.05, 0) is 30.4 Å². The van der Waals surface area contributed by atoms with Crippen molar-refractivity contribution in [3.05, 3.63) is 58.5 Å². The molecule has 0 radical (unpaired) electrons. The second-order valence-corrected chi connectivity index (χ2v) is 9.22. The van der Waals surface area contributed by atoms with Crippen molar-refractivity contribution in [2.45, 2.75) is 0 Å². The Kier molecular flexibility index (Phi) is 5.37. The van der Waals surface area contributed by atoms with Crippen molar-refractivity contribution >= 4 is 39.3 Å². The Hall–Kier alpha value is -2.72. The number of rotatable bonds is 2. The van der Waals surface area contributed by atoms with Gasteiger partial charge in [0.05, 0.1) is 21.9 Å². The van der Waals surface area contributed by atoms with Crippen LogP contribution in [-0.2, 0) is 14.8 Å². The lowest BCUT2D eigenvalue weighted by molar-refractivity contribution is -0.128. The largest absolute Gasteiger partial charge is 0.335 e. The summed E-state index contributed by atoms with van der Waals surface area (Å²) in [6, 6.07) is 3.64. The van der Waals surface area contributed by atoms with E-state index in [1.165, 1.54) is 18.2 Å². The van der Waals surface area contributed by atoms with Gasteiger partial charge < -0.3 is 14.7 Å². The van der Waals surface area contributed by atoms with E-state index < -0.39 is 15.8 Å². The van der Waals surface area contributed by atoms with Crippen LogP contribution in [0.25, 0.3) is 0 Å². The van der Waals surface area contributed by atoms with E-state index in [0.29, 0.717) is 37.6 Å². The molecule has 0 aliphatic carbocycles. The number of piperazine rings is 1. The molecule has 3 aliphatic heterocycles. The molecule has 30 heavy (non-hydrogen) atoms. The smallest absolute Gasteiger partial charge is 0.256 e. The van der Waals surface area contributed by atoms with E-state index in [1.54, 1.807) is 27.0 Å². The van der Waals surface area contributed by atoms with Gasteiger partial charge in [0.2, 0.25) is 0 Å². The van der Waals surface area contributed by atoms with Crippen LogP contribution in [0.4, 0.5) is 4.39 Å². The van der Waals surface area contributed by atoms with Crippen molar-refractivity contribution < 1.29 is 22.4 Å². The maximum Gasteiger partial charge on any atom is 0.256 e. The SMILES string of the molecule is O=C(C1=CN2CCS(=O)(=O)N=C2C=C1)N1CCN(C(=O)c2ccc(F)cc2Cl)CC1. The highest BCUT2D eigenvalue weighted by molar-refractivity contribution is 7.90. The number of benzene rings is 1. The molecule has 11 heteroatoms. The Morgan fingerprint density at radius 3 is 2.33 bits per heavy atom. The minimum atomic E-state index is -3.45. The number of hydrogen-bond donors (Lipinski definition) is 0. The minimum absolute atomic E-state index is 0.0528. The summed E-state index contributed by atoms with van der Waals surface area (Å²) < 4.78 is 40.1. The van der Waals surface area contributed by atoms with Crippen molar-refractivity contribution in [1.29, 1.82) is 0 Å². The average Bonchev–Trinajstić information content (AvgIpc) is 2.72. The van der Waals surface area contributed by atoms with E-state index in [0.717, 1.165) is 6.07 Å². The van der Waals surface area contributed by atoms with Crippen molar-refractivity contribution in [2.75, 3.05) is 38.5 Å². The van der Waals surface area contributed by atoms with E-state index in [1.807, 2.05) is 0 Å². The van der Waals surface area contributed by atoms with Crippen molar-refractivity contribution in [1.82, 2.24) is 14.7 Å². The zero-order valence-corrected chi connectivity index (χ0v) is 17.4. The fourth-order valence-corrected chi connectivity index (χ4v) is 4.67. The summed E-state index contributed by atoms with van der Waals surface area (Å²) in [5.41, 5.74) is 0.650. The van der Waals surface area contributed by atoms with E-state index in [4.69, 9.17) is 11.6 Å². The molecule has 158 valence electrons. The Morgan fingerprint density at radius 1 is 1.00 bits per heavy atom. The first-order valence-corrected chi connectivity index (χ1v) is 11.2.